The molecule has 2 rings (SSSR count). The van der Waals surface area contributed by atoms with E-state index in [1.807, 2.05) is 60.7 Å². The fourth-order valence-corrected chi connectivity index (χ4v) is 0.642. The number of hydrogen-bond donors (Lipinski definition) is 1. The Labute approximate surface area is 130 Å². The Morgan fingerprint density at radius 1 is 0.765 bits per heavy atom. The van der Waals surface area contributed by atoms with Crippen LogP contribution in [-0.2, 0) is 26.2 Å². The van der Waals surface area contributed by atoms with Gasteiger partial charge in [-0.3, -0.25) is 0 Å². The SMILES string of the molecule is CC(C)(C)O.[Cl-].[Zr+3].c1cc[cH-]c1.c1cc[cH-]c1. The Morgan fingerprint density at radius 3 is 1.00 bits per heavy atom. The van der Waals surface area contributed by atoms with E-state index in [4.69, 9.17) is 5.11 Å². The van der Waals surface area contributed by atoms with Crippen LogP contribution in [0.25, 0.3) is 0 Å². The van der Waals surface area contributed by atoms with Gasteiger partial charge in [-0.1, -0.05) is 0 Å². The van der Waals surface area contributed by atoms with Crippen LogP contribution in [0.1, 0.15) is 20.8 Å². The van der Waals surface area contributed by atoms with Crippen molar-refractivity contribution >= 4 is 0 Å². The predicted octanol–water partition coefficient (Wildman–Crippen LogP) is 0.590. The molecule has 0 unspecified atom stereocenters. The largest absolute Gasteiger partial charge is 3.00 e. The van der Waals surface area contributed by atoms with E-state index in [-0.39, 0.29) is 38.6 Å². The Morgan fingerprint density at radius 2 is 0.941 bits per heavy atom. The first kappa shape index (κ1) is 22.1. The zero-order valence-corrected chi connectivity index (χ0v) is 13.8. The summed E-state index contributed by atoms with van der Waals surface area (Å²) in [5.74, 6) is 0. The van der Waals surface area contributed by atoms with Gasteiger partial charge in [-0.2, -0.15) is 36.4 Å². The Bertz CT molecular complexity index is 216. The fourth-order valence-electron chi connectivity index (χ4n) is 0.642. The van der Waals surface area contributed by atoms with Crippen LogP contribution in [0.2, 0.25) is 0 Å². The van der Waals surface area contributed by atoms with Gasteiger partial charge in [-0.15, -0.1) is 0 Å². The molecule has 0 saturated heterocycles. The molecule has 0 atom stereocenters. The average Bonchev–Trinajstić information content (AvgIpc) is 2.81. The summed E-state index contributed by atoms with van der Waals surface area (Å²) in [6.07, 6.45) is 0. The second-order valence-electron chi connectivity index (χ2n) is 4.10. The van der Waals surface area contributed by atoms with Gasteiger partial charge in [0.2, 0.25) is 0 Å². The minimum absolute atomic E-state index is 0. The second-order valence-corrected chi connectivity index (χ2v) is 4.10. The molecule has 0 heterocycles. The van der Waals surface area contributed by atoms with Gasteiger partial charge in [-0.25, -0.2) is 24.3 Å². The molecule has 0 aliphatic heterocycles. The zero-order valence-electron chi connectivity index (χ0n) is 10.6. The molecule has 0 bridgehead atoms. The van der Waals surface area contributed by atoms with Crippen molar-refractivity contribution in [1.82, 2.24) is 0 Å². The fraction of sp³-hybridized carbons (Fsp3) is 0.286. The molecule has 1 nitrogen and oxygen atoms in total. The maximum atomic E-state index is 8.52. The summed E-state index contributed by atoms with van der Waals surface area (Å²) in [6, 6.07) is 20.0. The Balaban J connectivity index is -0.000000163. The van der Waals surface area contributed by atoms with Crippen molar-refractivity contribution in [2.45, 2.75) is 26.4 Å². The van der Waals surface area contributed by atoms with Gasteiger partial charge in [0.25, 0.3) is 0 Å². The topological polar surface area (TPSA) is 20.2 Å². The molecule has 2 aromatic carbocycles. The zero-order chi connectivity index (χ0) is 11.6. The van der Waals surface area contributed by atoms with Gasteiger partial charge in [0.05, 0.1) is 5.60 Å². The number of halogens is 1. The maximum absolute atomic E-state index is 8.52. The van der Waals surface area contributed by atoms with Crippen molar-refractivity contribution in [2.24, 2.45) is 0 Å². The summed E-state index contributed by atoms with van der Waals surface area (Å²) in [6.45, 7) is 5.23. The first-order valence-corrected chi connectivity index (χ1v) is 5.06. The molecule has 3 heteroatoms. The van der Waals surface area contributed by atoms with Gasteiger partial charge in [0.1, 0.15) is 0 Å². The second kappa shape index (κ2) is 13.9. The van der Waals surface area contributed by atoms with Gasteiger partial charge in [0, 0.05) is 0 Å². The van der Waals surface area contributed by atoms with E-state index in [1.54, 1.807) is 20.8 Å². The molecule has 1 N–H and O–H groups in total. The molecule has 0 spiro atoms. The molecule has 17 heavy (non-hydrogen) atoms. The summed E-state index contributed by atoms with van der Waals surface area (Å²) < 4.78 is 0. The quantitative estimate of drug-likeness (QED) is 0.701. The molecule has 1 radical (unpaired) electrons. The van der Waals surface area contributed by atoms with Crippen molar-refractivity contribution in [3.8, 4) is 0 Å². The maximum Gasteiger partial charge on any atom is 3.00 e. The molecule has 0 aliphatic carbocycles. The third-order valence-electron chi connectivity index (χ3n) is 1.11. The number of aliphatic hydroxyl groups is 1. The molecule has 0 fully saturated rings. The average molecular weight is 331 g/mol. The summed E-state index contributed by atoms with van der Waals surface area (Å²) >= 11 is 0. The van der Waals surface area contributed by atoms with E-state index >= 15 is 0 Å². The van der Waals surface area contributed by atoms with E-state index in [2.05, 4.69) is 0 Å². The van der Waals surface area contributed by atoms with Crippen molar-refractivity contribution < 1.29 is 43.7 Å². The van der Waals surface area contributed by atoms with Crippen LogP contribution >= 0.6 is 0 Å². The molecule has 2 aromatic rings. The van der Waals surface area contributed by atoms with Crippen LogP contribution in [0.4, 0.5) is 0 Å². The van der Waals surface area contributed by atoms with Crippen molar-refractivity contribution in [1.29, 1.82) is 0 Å². The van der Waals surface area contributed by atoms with Crippen molar-refractivity contribution in [3.63, 3.8) is 0 Å². The third kappa shape index (κ3) is 31.3. The number of rotatable bonds is 0. The molecule has 0 amide bonds. The predicted molar refractivity (Wildman–Crippen MR) is 66.0 cm³/mol. The molecular weight excluding hydrogens is 311 g/mol. The monoisotopic (exact) mass is 329 g/mol. The van der Waals surface area contributed by atoms with Crippen molar-refractivity contribution in [2.75, 3.05) is 0 Å². The van der Waals surface area contributed by atoms with Crippen molar-refractivity contribution in [3.05, 3.63) is 60.7 Å². The summed E-state index contributed by atoms with van der Waals surface area (Å²) in [5, 5.41) is 8.52. The van der Waals surface area contributed by atoms with Crippen LogP contribution in [-0.4, -0.2) is 10.7 Å². The van der Waals surface area contributed by atoms with Crippen LogP contribution in [0.15, 0.2) is 60.7 Å². The molecule has 0 aromatic heterocycles. The number of hydrogen-bond acceptors (Lipinski definition) is 1. The van der Waals surface area contributed by atoms with E-state index in [0.29, 0.717) is 0 Å². The molecule has 0 saturated carbocycles. The van der Waals surface area contributed by atoms with Crippen LogP contribution in [0.5, 0.6) is 0 Å². The standard InChI is InChI=1S/2C5H5.C4H10O.ClH.Zr/c2*1-2-4-5-3-1;1-4(2,3)5;;/h2*1-5H;5H,1-3H3;1H;/q2*-1;;;+3/p-1. The van der Waals surface area contributed by atoms with E-state index in [9.17, 15) is 0 Å². The minimum atomic E-state index is -0.500. The van der Waals surface area contributed by atoms with Crippen LogP contribution in [0, 0.1) is 0 Å². The van der Waals surface area contributed by atoms with Gasteiger partial charge in [0.15, 0.2) is 0 Å². The van der Waals surface area contributed by atoms with Crippen LogP contribution < -0.4 is 12.4 Å². The van der Waals surface area contributed by atoms with E-state index < -0.39 is 5.60 Å². The van der Waals surface area contributed by atoms with Crippen LogP contribution in [0.3, 0.4) is 0 Å². The van der Waals surface area contributed by atoms with Gasteiger partial charge >= 0.3 is 26.2 Å². The normalized spacial score (nSPS) is 8.24. The first-order chi connectivity index (χ1) is 7.00. The first-order valence-electron chi connectivity index (χ1n) is 5.06. The third-order valence-corrected chi connectivity index (χ3v) is 1.11. The smallest absolute Gasteiger partial charge is 1.00 e. The summed E-state index contributed by atoms with van der Waals surface area (Å²) in [5.41, 5.74) is -0.500. The minimum Gasteiger partial charge on any atom is -1.00 e. The molecule has 0 aliphatic rings. The summed E-state index contributed by atoms with van der Waals surface area (Å²) in [4.78, 5) is 0. The van der Waals surface area contributed by atoms with E-state index in [1.165, 1.54) is 0 Å². The molecule has 93 valence electrons. The Kier molecular flexibility index (Phi) is 18.0. The van der Waals surface area contributed by atoms with Gasteiger partial charge < -0.3 is 17.5 Å². The molecular formula is C14H20ClOZr. The Hall–Kier alpha value is -0.167. The van der Waals surface area contributed by atoms with E-state index in [0.717, 1.165) is 0 Å². The van der Waals surface area contributed by atoms with Gasteiger partial charge in [-0.05, 0) is 20.8 Å². The summed E-state index contributed by atoms with van der Waals surface area (Å²) in [7, 11) is 0.